The van der Waals surface area contributed by atoms with Gasteiger partial charge in [-0.05, 0) is 17.7 Å². The molecule has 1 aliphatic rings. The average Bonchev–Trinajstić information content (AvgIpc) is 2.65. The molecule has 0 aliphatic carbocycles. The van der Waals surface area contributed by atoms with Crippen LogP contribution in [-0.4, -0.2) is 48.0 Å². The molecule has 2 aromatic rings. The minimum Gasteiger partial charge on any atom is -0.394 e. The maximum absolute atomic E-state index is 9.60. The van der Waals surface area contributed by atoms with E-state index in [0.29, 0.717) is 24.8 Å². The van der Waals surface area contributed by atoms with Crippen LogP contribution in [0.4, 0.5) is 5.95 Å². The summed E-state index contributed by atoms with van der Waals surface area (Å²) in [5, 5.41) is 13.6. The number of benzene rings is 1. The standard InChI is InChI=1S/C17H21ClN4O2/c18-15-3-1-14(2-4-15)16(12-23)19-9-13-10-20-17(21-11-13)22-5-7-24-8-6-22/h1-4,10-11,16,19,23H,5-9,12H2. The molecule has 1 fully saturated rings. The van der Waals surface area contributed by atoms with Crippen LogP contribution in [0, 0.1) is 0 Å². The first-order valence-electron chi connectivity index (χ1n) is 7.99. The number of rotatable bonds is 6. The van der Waals surface area contributed by atoms with Gasteiger partial charge in [0.25, 0.3) is 0 Å². The second-order valence-corrected chi connectivity index (χ2v) is 6.09. The first-order valence-corrected chi connectivity index (χ1v) is 8.37. The molecule has 1 aromatic carbocycles. The van der Waals surface area contributed by atoms with Gasteiger partial charge in [-0.2, -0.15) is 0 Å². The zero-order valence-corrected chi connectivity index (χ0v) is 14.1. The highest BCUT2D eigenvalue weighted by atomic mass is 35.5. The summed E-state index contributed by atoms with van der Waals surface area (Å²) >= 11 is 5.90. The number of hydrogen-bond acceptors (Lipinski definition) is 6. The molecule has 128 valence electrons. The lowest BCUT2D eigenvalue weighted by molar-refractivity contribution is 0.122. The van der Waals surface area contributed by atoms with Crippen molar-refractivity contribution in [2.45, 2.75) is 12.6 Å². The van der Waals surface area contributed by atoms with E-state index in [0.717, 1.165) is 30.2 Å². The van der Waals surface area contributed by atoms with Crippen LogP contribution in [0.2, 0.25) is 5.02 Å². The van der Waals surface area contributed by atoms with Gasteiger partial charge in [0.05, 0.1) is 25.9 Å². The van der Waals surface area contributed by atoms with E-state index in [1.165, 1.54) is 0 Å². The summed E-state index contributed by atoms with van der Waals surface area (Å²) in [6, 6.07) is 7.31. The number of aliphatic hydroxyl groups is 1. The van der Waals surface area contributed by atoms with Crippen LogP contribution >= 0.6 is 11.6 Å². The van der Waals surface area contributed by atoms with E-state index in [4.69, 9.17) is 16.3 Å². The van der Waals surface area contributed by atoms with E-state index in [2.05, 4.69) is 20.2 Å². The summed E-state index contributed by atoms with van der Waals surface area (Å²) in [6.45, 7) is 3.66. The molecule has 0 spiro atoms. The zero-order valence-electron chi connectivity index (χ0n) is 13.4. The monoisotopic (exact) mass is 348 g/mol. The topological polar surface area (TPSA) is 70.5 Å². The van der Waals surface area contributed by atoms with Crippen LogP contribution in [0.1, 0.15) is 17.2 Å². The molecule has 24 heavy (non-hydrogen) atoms. The van der Waals surface area contributed by atoms with Crippen molar-refractivity contribution in [3.05, 3.63) is 52.8 Å². The maximum Gasteiger partial charge on any atom is 0.225 e. The largest absolute Gasteiger partial charge is 0.394 e. The van der Waals surface area contributed by atoms with E-state index in [1.54, 1.807) is 0 Å². The lowest BCUT2D eigenvalue weighted by Gasteiger charge is -2.26. The lowest BCUT2D eigenvalue weighted by atomic mass is 10.1. The number of nitrogens with one attached hydrogen (secondary N) is 1. The lowest BCUT2D eigenvalue weighted by Crippen LogP contribution is -2.37. The Hall–Kier alpha value is -1.73. The van der Waals surface area contributed by atoms with Crippen molar-refractivity contribution in [1.29, 1.82) is 0 Å². The summed E-state index contributed by atoms with van der Waals surface area (Å²) in [6.07, 6.45) is 3.64. The molecule has 0 amide bonds. The van der Waals surface area contributed by atoms with E-state index < -0.39 is 0 Å². The first kappa shape index (κ1) is 17.1. The third-order valence-electron chi connectivity index (χ3n) is 3.99. The van der Waals surface area contributed by atoms with Gasteiger partial charge in [0, 0.05) is 42.6 Å². The Kier molecular flexibility index (Phi) is 5.98. The SMILES string of the molecule is OCC(NCc1cnc(N2CCOCC2)nc1)c1ccc(Cl)cc1. The Morgan fingerprint density at radius 1 is 1.17 bits per heavy atom. The molecule has 6 nitrogen and oxygen atoms in total. The second-order valence-electron chi connectivity index (χ2n) is 5.66. The molecule has 0 radical (unpaired) electrons. The fourth-order valence-electron chi connectivity index (χ4n) is 2.59. The van der Waals surface area contributed by atoms with Crippen LogP contribution in [0.15, 0.2) is 36.7 Å². The van der Waals surface area contributed by atoms with Gasteiger partial charge >= 0.3 is 0 Å². The molecule has 1 atom stereocenters. The third-order valence-corrected chi connectivity index (χ3v) is 4.25. The molecular formula is C17H21ClN4O2. The minimum absolute atomic E-state index is 0.00828. The van der Waals surface area contributed by atoms with Crippen LogP contribution in [0.3, 0.4) is 0 Å². The predicted octanol–water partition coefficient (Wildman–Crippen LogP) is 1.79. The van der Waals surface area contributed by atoms with Gasteiger partial charge in [-0.15, -0.1) is 0 Å². The molecule has 2 N–H and O–H groups in total. The van der Waals surface area contributed by atoms with Gasteiger partial charge in [-0.1, -0.05) is 23.7 Å². The van der Waals surface area contributed by atoms with Gasteiger partial charge in [-0.25, -0.2) is 9.97 Å². The van der Waals surface area contributed by atoms with Gasteiger partial charge in [0.2, 0.25) is 5.95 Å². The highest BCUT2D eigenvalue weighted by molar-refractivity contribution is 6.30. The average molecular weight is 349 g/mol. The van der Waals surface area contributed by atoms with E-state index in [1.807, 2.05) is 36.7 Å². The summed E-state index contributed by atoms with van der Waals surface area (Å²) in [5.41, 5.74) is 1.96. The van der Waals surface area contributed by atoms with Gasteiger partial charge in [-0.3, -0.25) is 0 Å². The number of aliphatic hydroxyl groups excluding tert-OH is 1. The fraction of sp³-hybridized carbons (Fsp3) is 0.412. The van der Waals surface area contributed by atoms with E-state index >= 15 is 0 Å². The minimum atomic E-state index is -0.152. The number of morpholine rings is 1. The molecular weight excluding hydrogens is 328 g/mol. The molecule has 0 saturated carbocycles. The van der Waals surface area contributed by atoms with Crippen LogP contribution in [-0.2, 0) is 11.3 Å². The summed E-state index contributed by atoms with van der Waals surface area (Å²) in [5.74, 6) is 0.735. The smallest absolute Gasteiger partial charge is 0.225 e. The number of halogens is 1. The molecule has 2 heterocycles. The van der Waals surface area contributed by atoms with Crippen molar-refractivity contribution in [3.63, 3.8) is 0 Å². The zero-order chi connectivity index (χ0) is 16.8. The third kappa shape index (κ3) is 4.42. The second kappa shape index (κ2) is 8.39. The summed E-state index contributed by atoms with van der Waals surface area (Å²) < 4.78 is 5.33. The Morgan fingerprint density at radius 2 is 1.83 bits per heavy atom. The number of nitrogens with zero attached hydrogens (tertiary/aromatic N) is 3. The number of hydrogen-bond donors (Lipinski definition) is 2. The van der Waals surface area contributed by atoms with Crippen molar-refractivity contribution in [3.8, 4) is 0 Å². The molecule has 0 bridgehead atoms. The van der Waals surface area contributed by atoms with Crippen molar-refractivity contribution in [2.24, 2.45) is 0 Å². The van der Waals surface area contributed by atoms with Crippen LogP contribution in [0.5, 0.6) is 0 Å². The van der Waals surface area contributed by atoms with Crippen molar-refractivity contribution < 1.29 is 9.84 Å². The molecule has 3 rings (SSSR count). The molecule has 1 aliphatic heterocycles. The number of anilines is 1. The molecule has 7 heteroatoms. The fourth-order valence-corrected chi connectivity index (χ4v) is 2.72. The van der Waals surface area contributed by atoms with Crippen LogP contribution in [0.25, 0.3) is 0 Å². The van der Waals surface area contributed by atoms with Crippen LogP contribution < -0.4 is 10.2 Å². The molecule has 1 saturated heterocycles. The normalized spacial score (nSPS) is 16.2. The Labute approximate surface area is 146 Å². The van der Waals surface area contributed by atoms with E-state index in [9.17, 15) is 5.11 Å². The van der Waals surface area contributed by atoms with E-state index in [-0.39, 0.29) is 12.6 Å². The van der Waals surface area contributed by atoms with Gasteiger partial charge in [0.15, 0.2) is 0 Å². The summed E-state index contributed by atoms with van der Waals surface area (Å²) in [7, 11) is 0. The molecule has 1 unspecified atom stereocenters. The summed E-state index contributed by atoms with van der Waals surface area (Å²) in [4.78, 5) is 11.0. The number of aromatic nitrogens is 2. The maximum atomic E-state index is 9.60. The molecule has 1 aromatic heterocycles. The highest BCUT2D eigenvalue weighted by Crippen LogP contribution is 2.17. The van der Waals surface area contributed by atoms with Crippen molar-refractivity contribution in [2.75, 3.05) is 37.8 Å². The quantitative estimate of drug-likeness (QED) is 0.829. The van der Waals surface area contributed by atoms with Gasteiger partial charge in [0.1, 0.15) is 0 Å². The van der Waals surface area contributed by atoms with Crippen molar-refractivity contribution >= 4 is 17.5 Å². The first-order chi connectivity index (χ1) is 11.8. The Morgan fingerprint density at radius 3 is 2.46 bits per heavy atom. The highest BCUT2D eigenvalue weighted by Gasteiger charge is 2.14. The van der Waals surface area contributed by atoms with Gasteiger partial charge < -0.3 is 20.1 Å². The predicted molar refractivity (Wildman–Crippen MR) is 93.2 cm³/mol. The number of ether oxygens (including phenoxy) is 1. The Bertz CT molecular complexity index is 630. The Balaban J connectivity index is 1.58. The van der Waals surface area contributed by atoms with Crippen molar-refractivity contribution in [1.82, 2.24) is 15.3 Å².